The molecule has 0 saturated heterocycles. The molecule has 8 unspecified atom stereocenters. The number of benzene rings is 6. The van der Waals surface area contributed by atoms with Gasteiger partial charge in [-0.15, -0.1) is 6.54 Å². The van der Waals surface area contributed by atoms with E-state index in [1.807, 2.05) is 129 Å². The van der Waals surface area contributed by atoms with Crippen LogP contribution in [0, 0.1) is 62.3 Å². The predicted octanol–water partition coefficient (Wildman–Crippen LogP) is 9.36. The van der Waals surface area contributed by atoms with Crippen LogP contribution >= 0.6 is 0 Å². The number of carboxylic acid groups (broad SMARTS) is 6. The van der Waals surface area contributed by atoms with Crippen LogP contribution in [0.3, 0.4) is 0 Å². The zero-order chi connectivity index (χ0) is 99.6. The number of hydrogen-bond donors (Lipinski definition) is 18. The summed E-state index contributed by atoms with van der Waals surface area (Å²) in [7, 11) is 0. The number of unbranched alkanes of at least 4 members (excludes halogenated alkanes) is 2. The van der Waals surface area contributed by atoms with Crippen LogP contribution in [-0.2, 0) is 130 Å². The van der Waals surface area contributed by atoms with Crippen LogP contribution in [-0.4, -0.2) is 195 Å². The number of nitrogens with one attached hydrogen (secondary N) is 10. The molecule has 2 saturated carbocycles. The number of aliphatic carboxylic acids is 6. The molecule has 6 aromatic rings. The van der Waals surface area contributed by atoms with Gasteiger partial charge in [-0.1, -0.05) is 175 Å². The SMILES string of the molecule is [2H]NC[CH-]C(=O)NCC1CCC(C(=O)NC(Cc2ccc3ccccc3c2)C(=O)NCCCCC(NC(=O)NC(CCC(=O)O)C(=O)O)C(=O)O)CC1.[2H]N[CH-]C(=O)NCC1CCC(C(=O)NC(Cc2ccc3ccccc3c2)C(=O)NCCCCC(NC(=O)NC(CCC(=O)O)C(=O)O)C(=O)O)CC1.[CH2-]C(=O)C(C)c1ccc(CC(C)C)cc1.[CH2-]C(=O)C(C)c1ccc(CC(C)C)cc1.[V+2].[V+2]. The summed E-state index contributed by atoms with van der Waals surface area (Å²) in [5.74, 6) is -9.12. The van der Waals surface area contributed by atoms with E-state index in [4.69, 9.17) is 13.0 Å². The van der Waals surface area contributed by atoms with Gasteiger partial charge in [0.15, 0.2) is 0 Å². The third-order valence-corrected chi connectivity index (χ3v) is 23.1. The molecule has 732 valence electrons. The first kappa shape index (κ1) is 113. The molecule has 0 spiro atoms. The summed E-state index contributed by atoms with van der Waals surface area (Å²) in [4.78, 5) is 192. The van der Waals surface area contributed by atoms with Crippen LogP contribution < -0.4 is 64.6 Å². The topological polar surface area (TPSA) is 567 Å². The minimum absolute atomic E-state index is 0. The first-order valence-electron chi connectivity index (χ1n) is 46.3. The van der Waals surface area contributed by atoms with Crippen molar-refractivity contribution in [3.05, 3.63) is 194 Å². The average molecular weight is 1950 g/mol. The van der Waals surface area contributed by atoms with Crippen molar-refractivity contribution < 1.29 is 147 Å². The average Bonchev–Trinajstić information content (AvgIpc) is 0.831. The summed E-state index contributed by atoms with van der Waals surface area (Å²) in [6.45, 7) is 21.9. The van der Waals surface area contributed by atoms with Crippen LogP contribution in [0.15, 0.2) is 133 Å². The van der Waals surface area contributed by atoms with Gasteiger partial charge in [-0.05, 0) is 194 Å². The monoisotopic (exact) mass is 1950 g/mol. The smallest absolute Gasteiger partial charge is 0.481 e. The molecule has 2 fully saturated rings. The number of carbonyl (C=O) groups is 16. The van der Waals surface area contributed by atoms with E-state index in [9.17, 15) is 97.1 Å². The van der Waals surface area contributed by atoms with Crippen LogP contribution in [0.1, 0.15) is 202 Å². The van der Waals surface area contributed by atoms with E-state index in [0.717, 1.165) is 76.0 Å². The number of hydrogen-bond acceptors (Lipinski definition) is 18. The van der Waals surface area contributed by atoms with Gasteiger partial charge in [0.25, 0.3) is 0 Å². The van der Waals surface area contributed by atoms with Gasteiger partial charge in [-0.3, -0.25) is 35.2 Å². The Balaban J connectivity index is 0.000000534. The Morgan fingerprint density at radius 1 is 0.393 bits per heavy atom. The predicted molar refractivity (Wildman–Crippen MR) is 502 cm³/mol. The molecule has 6 aromatic carbocycles. The Labute approximate surface area is 816 Å². The van der Waals surface area contributed by atoms with Crippen molar-refractivity contribution in [1.82, 2.24) is 53.2 Å². The first-order valence-corrected chi connectivity index (χ1v) is 45.3. The Morgan fingerprint density at radius 2 is 0.726 bits per heavy atom. The standard InChI is InChI=1S/C36H49N6O10.C35H47N6O10.2C14H19O.2V/c37-17-16-30(43)39-21-22-8-12-25(13-9-22)32(46)40-29(20-23-10-11-24-5-1-2-6-26(24)19-23)33(47)38-18-4-3-7-27(34(48)49)41-36(52)42-28(35(50)51)14-15-31(44)45;36-19-29(42)38-20-21-8-12-24(13-9-21)31(45)39-28(18-22-10-11-23-5-1-2-6-25(23)17-22)32(46)37-16-4-3-7-26(33(47)48)40-35(51)41-27(34(49)50)14-15-30(43)44;2*1-10(2)9-13-5-7-14(8-6-13)11(3)12(4)15;;/h1-2,5-6,10-11,16,19,22,25,27-29H,3-4,7-9,12-15,17-18,20-21,37H2,(H,38,47)(H,39,43)(H,40,46)(H,44,45)(H,48,49)(H,50,51)(H2,41,42,52);1-2,5-6,10-11,17,19,21,24,26-28H,3-4,7-9,12-16,18,20,36H2,(H,37,46)(H,38,42)(H,39,45)(H,43,44)(H,47,48)(H,49,50)(H2,40,41,51);2*5-8,10-11H,4,9H2,1-3H3;;/q4*-1;2*+2/i/hD2. The Kier molecular flexibility index (Phi) is 52.5. The second-order valence-electron chi connectivity index (χ2n) is 34.7. The largest absolute Gasteiger partial charge is 2.00 e. The minimum Gasteiger partial charge on any atom is -0.481 e. The summed E-state index contributed by atoms with van der Waals surface area (Å²) in [6.07, 6.45) is 8.64. The minimum atomic E-state index is -1.52. The van der Waals surface area contributed by atoms with Gasteiger partial charge in [0.1, 0.15) is 37.7 Å². The number of nitrogens with two attached hydrogens (primary N) is 2. The maximum atomic E-state index is 13.5. The molecule has 8 rings (SSSR count). The van der Waals surface area contributed by atoms with Gasteiger partial charge in [-0.2, -0.15) is 0 Å². The molecule has 0 bridgehead atoms. The first-order chi connectivity index (χ1) is 64.2. The number of carbonyl (C=O) groups excluding carboxylic acids is 10. The molecule has 0 aromatic heterocycles. The Morgan fingerprint density at radius 3 is 1.04 bits per heavy atom. The van der Waals surface area contributed by atoms with Crippen molar-refractivity contribution in [3.8, 4) is 0 Å². The van der Waals surface area contributed by atoms with Crippen molar-refractivity contribution in [2.45, 2.75) is 231 Å². The summed E-state index contributed by atoms with van der Waals surface area (Å²) in [5, 5.41) is 84.9. The van der Waals surface area contributed by atoms with E-state index in [0.29, 0.717) is 76.3 Å². The zero-order valence-electron chi connectivity index (χ0n) is 79.6. The molecular weight excluding hydrogens is 1810 g/mol. The van der Waals surface area contributed by atoms with Crippen LogP contribution in [0.2, 0.25) is 2.82 Å². The second-order valence-corrected chi connectivity index (χ2v) is 34.7. The molecule has 20 N–H and O–H groups in total. The number of rotatable bonds is 51. The van der Waals surface area contributed by atoms with Crippen molar-refractivity contribution in [3.63, 3.8) is 0 Å². The van der Waals surface area contributed by atoms with Gasteiger partial charge >= 0.3 is 85.0 Å². The van der Waals surface area contributed by atoms with Gasteiger partial charge < -0.3 is 128 Å². The van der Waals surface area contributed by atoms with E-state index in [-0.39, 0.29) is 179 Å². The molecule has 34 nitrogen and oxygen atoms in total. The van der Waals surface area contributed by atoms with E-state index in [2.05, 4.69) is 125 Å². The number of urea groups is 2. The molecule has 2 aliphatic carbocycles. The summed E-state index contributed by atoms with van der Waals surface area (Å²) in [5.41, 5.74) is 10.6. The molecule has 2 radical (unpaired) electrons. The molecule has 2 aliphatic rings. The van der Waals surface area contributed by atoms with Crippen LogP contribution in [0.25, 0.3) is 21.5 Å². The van der Waals surface area contributed by atoms with Crippen molar-refractivity contribution in [1.29, 1.82) is 0 Å². The van der Waals surface area contributed by atoms with Gasteiger partial charge in [0.05, 0.1) is 13.2 Å². The Bertz CT molecular complexity index is 4820. The number of carboxylic acids is 6. The summed E-state index contributed by atoms with van der Waals surface area (Å²) in [6, 6.07) is 34.1. The van der Waals surface area contributed by atoms with E-state index >= 15 is 0 Å². The number of ketones is 2. The third-order valence-electron chi connectivity index (χ3n) is 23.1. The molecule has 0 heterocycles. The third kappa shape index (κ3) is 45.2. The Hall–Kier alpha value is -12.1. The van der Waals surface area contributed by atoms with Crippen molar-refractivity contribution in [2.24, 2.45) is 47.0 Å². The zero-order valence-corrected chi connectivity index (χ0v) is 80.3. The summed E-state index contributed by atoms with van der Waals surface area (Å²) < 4.78 is 13.8. The van der Waals surface area contributed by atoms with Gasteiger partial charge in [0.2, 0.25) is 23.6 Å². The molecular formula is C99H134N12O22V2. The fraction of sp³-hybridized carbons (Fsp3) is 0.475. The maximum absolute atomic E-state index is 13.5. The van der Waals surface area contributed by atoms with E-state index < -0.39 is 109 Å². The molecule has 135 heavy (non-hydrogen) atoms. The second kappa shape index (κ2) is 62.5. The molecule has 0 aliphatic heterocycles. The number of amides is 10. The number of Topliss-reactive ketones (excluding diaryl/α,β-unsaturated/α-hetero) is 2. The number of fused-ring (bicyclic) bond motifs is 2. The molecule has 10 amide bonds. The van der Waals surface area contributed by atoms with Crippen molar-refractivity contribution >= 4 is 116 Å². The van der Waals surface area contributed by atoms with E-state index in [1.165, 1.54) is 17.5 Å². The van der Waals surface area contributed by atoms with Crippen molar-refractivity contribution in [2.75, 3.05) is 32.7 Å². The fourth-order valence-corrected chi connectivity index (χ4v) is 15.3. The molecule has 36 heteroatoms. The van der Waals surface area contributed by atoms with Gasteiger partial charge in [0, 0.05) is 87.1 Å². The van der Waals surface area contributed by atoms with Crippen LogP contribution in [0.5, 0.6) is 0 Å². The fourth-order valence-electron chi connectivity index (χ4n) is 15.3. The molecule has 8 atom stereocenters. The van der Waals surface area contributed by atoms with Crippen LogP contribution in [0.4, 0.5) is 9.59 Å². The van der Waals surface area contributed by atoms with E-state index in [1.54, 1.807) is 0 Å². The van der Waals surface area contributed by atoms with Gasteiger partial charge in [-0.25, -0.2) is 35.3 Å². The normalized spacial score (nSPS) is 16.1. The maximum Gasteiger partial charge on any atom is 2.00 e. The quantitative estimate of drug-likeness (QED) is 0.0125. The summed E-state index contributed by atoms with van der Waals surface area (Å²) >= 11 is 0.